The number of pyridine rings is 1. The van der Waals surface area contributed by atoms with E-state index in [1.165, 1.54) is 0 Å². The smallest absolute Gasteiger partial charge is 0.391 e. The maximum atomic E-state index is 11.7. The van der Waals surface area contributed by atoms with E-state index >= 15 is 0 Å². The SMILES string of the molecule is CC(C)(C)NC(=O)Oc1cccc(C=Cc2ccccc2)n1. The van der Waals surface area contributed by atoms with Crippen molar-refractivity contribution < 1.29 is 9.53 Å². The number of aromatic nitrogens is 1. The number of nitrogens with one attached hydrogen (secondary N) is 1. The number of hydrogen-bond acceptors (Lipinski definition) is 3. The van der Waals surface area contributed by atoms with Crippen LogP contribution in [0.3, 0.4) is 0 Å². The molecule has 0 radical (unpaired) electrons. The molecule has 0 bridgehead atoms. The Labute approximate surface area is 130 Å². The lowest BCUT2D eigenvalue weighted by Crippen LogP contribution is -2.42. The minimum Gasteiger partial charge on any atom is -0.391 e. The highest BCUT2D eigenvalue weighted by molar-refractivity contribution is 5.71. The van der Waals surface area contributed by atoms with Crippen LogP contribution < -0.4 is 10.1 Å². The highest BCUT2D eigenvalue weighted by Gasteiger charge is 2.15. The van der Waals surface area contributed by atoms with Gasteiger partial charge in [0.15, 0.2) is 0 Å². The third-order valence-corrected chi connectivity index (χ3v) is 2.67. The fourth-order valence-corrected chi connectivity index (χ4v) is 1.75. The van der Waals surface area contributed by atoms with Gasteiger partial charge in [0.25, 0.3) is 0 Å². The zero-order valence-electron chi connectivity index (χ0n) is 13.0. The summed E-state index contributed by atoms with van der Waals surface area (Å²) in [6.45, 7) is 5.67. The Morgan fingerprint density at radius 1 is 1.05 bits per heavy atom. The number of benzene rings is 1. The first-order valence-corrected chi connectivity index (χ1v) is 7.12. The molecular formula is C18H20N2O2. The van der Waals surface area contributed by atoms with E-state index in [1.807, 2.05) is 69.3 Å². The van der Waals surface area contributed by atoms with Crippen LogP contribution in [0.2, 0.25) is 0 Å². The van der Waals surface area contributed by atoms with Crippen LogP contribution in [0.5, 0.6) is 5.88 Å². The molecule has 1 aromatic carbocycles. The Morgan fingerprint density at radius 2 is 1.77 bits per heavy atom. The molecular weight excluding hydrogens is 276 g/mol. The summed E-state index contributed by atoms with van der Waals surface area (Å²) in [4.78, 5) is 16.0. The van der Waals surface area contributed by atoms with Gasteiger partial charge in [0.2, 0.25) is 5.88 Å². The molecule has 0 unspecified atom stereocenters. The van der Waals surface area contributed by atoms with Crippen LogP contribution in [0.15, 0.2) is 48.5 Å². The second kappa shape index (κ2) is 6.89. The van der Waals surface area contributed by atoms with Gasteiger partial charge in [-0.3, -0.25) is 0 Å². The third-order valence-electron chi connectivity index (χ3n) is 2.67. The second-order valence-corrected chi connectivity index (χ2v) is 5.91. The molecule has 1 heterocycles. The van der Waals surface area contributed by atoms with Gasteiger partial charge in [0.05, 0.1) is 5.69 Å². The zero-order valence-corrected chi connectivity index (χ0v) is 13.0. The van der Waals surface area contributed by atoms with Crippen LogP contribution in [0, 0.1) is 0 Å². The van der Waals surface area contributed by atoms with Crippen LogP contribution in [-0.2, 0) is 0 Å². The lowest BCUT2D eigenvalue weighted by Gasteiger charge is -2.19. The van der Waals surface area contributed by atoms with Crippen molar-refractivity contribution in [1.82, 2.24) is 10.3 Å². The fourth-order valence-electron chi connectivity index (χ4n) is 1.75. The summed E-state index contributed by atoms with van der Waals surface area (Å²) in [6.07, 6.45) is 3.33. The topological polar surface area (TPSA) is 51.2 Å². The Hall–Kier alpha value is -2.62. The van der Waals surface area contributed by atoms with E-state index in [9.17, 15) is 4.79 Å². The van der Waals surface area contributed by atoms with Gasteiger partial charge in [-0.2, -0.15) is 0 Å². The summed E-state index contributed by atoms with van der Waals surface area (Å²) in [5, 5.41) is 2.73. The van der Waals surface area contributed by atoms with Gasteiger partial charge in [-0.15, -0.1) is 0 Å². The first-order valence-electron chi connectivity index (χ1n) is 7.12. The summed E-state index contributed by atoms with van der Waals surface area (Å²) in [6, 6.07) is 15.2. The van der Waals surface area contributed by atoms with Crippen molar-refractivity contribution in [3.63, 3.8) is 0 Å². The molecule has 2 aromatic rings. The van der Waals surface area contributed by atoms with Gasteiger partial charge in [-0.1, -0.05) is 42.5 Å². The average Bonchev–Trinajstić information content (AvgIpc) is 2.44. The molecule has 0 saturated carbocycles. The normalized spacial score (nSPS) is 11.4. The van der Waals surface area contributed by atoms with E-state index in [2.05, 4.69) is 10.3 Å². The van der Waals surface area contributed by atoms with Crippen molar-refractivity contribution in [2.75, 3.05) is 0 Å². The maximum absolute atomic E-state index is 11.7. The van der Waals surface area contributed by atoms with E-state index in [4.69, 9.17) is 4.74 Å². The number of rotatable bonds is 3. The minimum atomic E-state index is -0.510. The summed E-state index contributed by atoms with van der Waals surface area (Å²) >= 11 is 0. The van der Waals surface area contributed by atoms with Gasteiger partial charge in [0, 0.05) is 11.6 Å². The molecule has 0 aliphatic carbocycles. The molecule has 4 nitrogen and oxygen atoms in total. The summed E-state index contributed by atoms with van der Waals surface area (Å²) in [7, 11) is 0. The quantitative estimate of drug-likeness (QED) is 0.926. The van der Waals surface area contributed by atoms with E-state index in [1.54, 1.807) is 12.1 Å². The molecule has 1 N–H and O–H groups in total. The van der Waals surface area contributed by atoms with Gasteiger partial charge in [-0.05, 0) is 38.5 Å². The first kappa shape index (κ1) is 15.8. The first-order chi connectivity index (χ1) is 10.4. The Balaban J connectivity index is 2.04. The number of ether oxygens (including phenoxy) is 1. The Bertz CT molecular complexity index is 658. The maximum Gasteiger partial charge on any atom is 0.414 e. The largest absolute Gasteiger partial charge is 0.414 e. The average molecular weight is 296 g/mol. The number of nitrogens with zero attached hydrogens (tertiary/aromatic N) is 1. The molecule has 1 aromatic heterocycles. The highest BCUT2D eigenvalue weighted by Crippen LogP contribution is 2.12. The highest BCUT2D eigenvalue weighted by atomic mass is 16.6. The van der Waals surface area contributed by atoms with Crippen LogP contribution >= 0.6 is 0 Å². The molecule has 0 fully saturated rings. The van der Waals surface area contributed by atoms with Crippen LogP contribution in [0.4, 0.5) is 4.79 Å². The van der Waals surface area contributed by atoms with Crippen LogP contribution in [-0.4, -0.2) is 16.6 Å². The summed E-state index contributed by atoms with van der Waals surface area (Å²) in [5.74, 6) is 0.275. The molecule has 0 spiro atoms. The predicted molar refractivity (Wildman–Crippen MR) is 88.5 cm³/mol. The van der Waals surface area contributed by atoms with Gasteiger partial charge in [-0.25, -0.2) is 9.78 Å². The van der Waals surface area contributed by atoms with E-state index in [-0.39, 0.29) is 11.4 Å². The van der Waals surface area contributed by atoms with Gasteiger partial charge in [0.1, 0.15) is 0 Å². The van der Waals surface area contributed by atoms with Crippen molar-refractivity contribution >= 4 is 18.2 Å². The fraction of sp³-hybridized carbons (Fsp3) is 0.222. The van der Waals surface area contributed by atoms with Crippen LogP contribution in [0.25, 0.3) is 12.2 Å². The summed E-state index contributed by atoms with van der Waals surface area (Å²) in [5.41, 5.74) is 1.47. The molecule has 2 rings (SSSR count). The van der Waals surface area contributed by atoms with E-state index in [0.29, 0.717) is 0 Å². The van der Waals surface area contributed by atoms with Crippen molar-refractivity contribution in [3.05, 3.63) is 59.8 Å². The number of carbonyl (C=O) groups excluding carboxylic acids is 1. The predicted octanol–water partition coefficient (Wildman–Crippen LogP) is 4.14. The molecule has 4 heteroatoms. The van der Waals surface area contributed by atoms with Gasteiger partial charge >= 0.3 is 6.09 Å². The molecule has 0 atom stereocenters. The van der Waals surface area contributed by atoms with Gasteiger partial charge < -0.3 is 10.1 Å². The van der Waals surface area contributed by atoms with Crippen molar-refractivity contribution in [2.45, 2.75) is 26.3 Å². The molecule has 1 amide bonds. The Kier molecular flexibility index (Phi) is 4.94. The Morgan fingerprint density at radius 3 is 2.45 bits per heavy atom. The van der Waals surface area contributed by atoms with E-state index < -0.39 is 6.09 Å². The molecule has 22 heavy (non-hydrogen) atoms. The minimum absolute atomic E-state index is 0.275. The van der Waals surface area contributed by atoms with Crippen molar-refractivity contribution in [3.8, 4) is 5.88 Å². The lowest BCUT2D eigenvalue weighted by atomic mass is 10.1. The monoisotopic (exact) mass is 296 g/mol. The molecule has 114 valence electrons. The van der Waals surface area contributed by atoms with E-state index in [0.717, 1.165) is 11.3 Å². The molecule has 0 saturated heterocycles. The standard InChI is InChI=1S/C18H20N2O2/c1-18(2,3)20-17(21)22-16-11-7-10-15(19-16)13-12-14-8-5-4-6-9-14/h4-13H,1-3H3,(H,20,21). The number of carbonyl (C=O) groups is 1. The van der Waals surface area contributed by atoms with Crippen molar-refractivity contribution in [1.29, 1.82) is 0 Å². The number of hydrogen-bond donors (Lipinski definition) is 1. The number of amides is 1. The van der Waals surface area contributed by atoms with Crippen LogP contribution in [0.1, 0.15) is 32.0 Å². The molecule has 0 aliphatic rings. The summed E-state index contributed by atoms with van der Waals surface area (Å²) < 4.78 is 5.19. The second-order valence-electron chi connectivity index (χ2n) is 5.91. The zero-order chi connectivity index (χ0) is 16.0. The lowest BCUT2D eigenvalue weighted by molar-refractivity contribution is 0.189. The van der Waals surface area contributed by atoms with Crippen molar-refractivity contribution in [2.24, 2.45) is 0 Å². The molecule has 0 aliphatic heterocycles. The third kappa shape index (κ3) is 5.40.